The van der Waals surface area contributed by atoms with Crippen LogP contribution >= 0.6 is 0 Å². The fraction of sp³-hybridized carbons (Fsp3) is 0.286. The molecule has 0 fully saturated rings. The maximum Gasteiger partial charge on any atom is 0.275 e. The second-order valence-electron chi connectivity index (χ2n) is 2.51. The van der Waals surface area contributed by atoms with E-state index in [2.05, 4.69) is 0 Å². The van der Waals surface area contributed by atoms with Crippen LogP contribution in [-0.4, -0.2) is 14.9 Å². The maximum absolute atomic E-state index is 10.4. The van der Waals surface area contributed by atoms with Gasteiger partial charge < -0.3 is 5.21 Å². The third-order valence-electron chi connectivity index (χ3n) is 1.67. The van der Waals surface area contributed by atoms with Crippen LogP contribution in [0.15, 0.2) is 12.1 Å². The van der Waals surface area contributed by atoms with Crippen LogP contribution in [0.25, 0.3) is 0 Å². The van der Waals surface area contributed by atoms with Crippen LogP contribution in [0.2, 0.25) is 0 Å². The first-order valence-corrected chi connectivity index (χ1v) is 3.70. The second kappa shape index (κ2) is 3.26. The Bertz CT molecular complexity index is 396. The predicted molar refractivity (Wildman–Crippen MR) is 43.5 cm³/mol. The molecule has 1 rings (SSSR count). The summed E-state index contributed by atoms with van der Waals surface area (Å²) >= 11 is 0. The van der Waals surface area contributed by atoms with E-state index in [1.54, 1.807) is 6.92 Å². The van der Waals surface area contributed by atoms with Crippen molar-refractivity contribution in [2.24, 2.45) is 0 Å². The first kappa shape index (κ1) is 9.24. The fourth-order valence-electron chi connectivity index (χ4n) is 0.987. The van der Waals surface area contributed by atoms with E-state index in [9.17, 15) is 15.3 Å². The highest BCUT2D eigenvalue weighted by Crippen LogP contribution is 2.09. The molecule has 70 valence electrons. The molecule has 13 heavy (non-hydrogen) atoms. The lowest BCUT2D eigenvalue weighted by Gasteiger charge is -2.03. The molecule has 0 saturated carbocycles. The molecule has 1 heterocycles. The molecule has 6 nitrogen and oxygen atoms in total. The van der Waals surface area contributed by atoms with E-state index >= 15 is 0 Å². The van der Waals surface area contributed by atoms with Crippen molar-refractivity contribution < 1.29 is 10.1 Å². The lowest BCUT2D eigenvalue weighted by molar-refractivity contribution is -0.385. The minimum Gasteiger partial charge on any atom is -0.427 e. The van der Waals surface area contributed by atoms with Gasteiger partial charge in [0.25, 0.3) is 5.69 Å². The van der Waals surface area contributed by atoms with Gasteiger partial charge in [0.1, 0.15) is 0 Å². The standard InChI is InChI=1S/C7H9N3O3/c1-2-5-3-6(10(12)13)4-7(8)9(5)11/h3-4,8,11H,2H2,1H3. The summed E-state index contributed by atoms with van der Waals surface area (Å²) in [7, 11) is 0. The highest BCUT2D eigenvalue weighted by Gasteiger charge is 2.09. The van der Waals surface area contributed by atoms with Gasteiger partial charge >= 0.3 is 0 Å². The molecular weight excluding hydrogens is 174 g/mol. The molecule has 1 aromatic rings. The Morgan fingerprint density at radius 3 is 2.77 bits per heavy atom. The number of nitro groups is 1. The maximum atomic E-state index is 10.4. The van der Waals surface area contributed by atoms with E-state index in [0.29, 0.717) is 16.8 Å². The number of nitrogens with one attached hydrogen (secondary N) is 1. The molecule has 0 saturated heterocycles. The van der Waals surface area contributed by atoms with Crippen molar-refractivity contribution >= 4 is 5.69 Å². The molecule has 0 atom stereocenters. The quantitative estimate of drug-likeness (QED) is 0.401. The molecule has 0 aliphatic heterocycles. The van der Waals surface area contributed by atoms with Gasteiger partial charge in [-0.15, -0.1) is 0 Å². The Morgan fingerprint density at radius 2 is 2.31 bits per heavy atom. The van der Waals surface area contributed by atoms with E-state index < -0.39 is 4.92 Å². The molecule has 6 heteroatoms. The number of aryl methyl sites for hydroxylation is 1. The van der Waals surface area contributed by atoms with Gasteiger partial charge in [0.2, 0.25) is 0 Å². The van der Waals surface area contributed by atoms with Crippen LogP contribution in [0.1, 0.15) is 12.6 Å². The lowest BCUT2D eigenvalue weighted by Crippen LogP contribution is -2.20. The van der Waals surface area contributed by atoms with Crippen LogP contribution in [0.5, 0.6) is 0 Å². The van der Waals surface area contributed by atoms with Gasteiger partial charge in [-0.25, -0.2) is 0 Å². The molecule has 0 aliphatic carbocycles. The summed E-state index contributed by atoms with van der Waals surface area (Å²) in [5, 5.41) is 26.8. The highest BCUT2D eigenvalue weighted by molar-refractivity contribution is 5.29. The first-order valence-electron chi connectivity index (χ1n) is 3.70. The highest BCUT2D eigenvalue weighted by atomic mass is 16.6. The van der Waals surface area contributed by atoms with E-state index in [0.717, 1.165) is 6.07 Å². The van der Waals surface area contributed by atoms with E-state index in [1.165, 1.54) is 6.07 Å². The molecule has 1 aromatic heterocycles. The third-order valence-corrected chi connectivity index (χ3v) is 1.67. The summed E-state index contributed by atoms with van der Waals surface area (Å²) in [5.74, 6) is 0. The Hall–Kier alpha value is -1.85. The van der Waals surface area contributed by atoms with Crippen molar-refractivity contribution in [2.75, 3.05) is 0 Å². The van der Waals surface area contributed by atoms with E-state index in [1.807, 2.05) is 0 Å². The zero-order valence-electron chi connectivity index (χ0n) is 7.02. The summed E-state index contributed by atoms with van der Waals surface area (Å²) in [4.78, 5) is 9.78. The summed E-state index contributed by atoms with van der Waals surface area (Å²) < 4.78 is 0.632. The van der Waals surface area contributed by atoms with Gasteiger partial charge in [0, 0.05) is 6.07 Å². The predicted octanol–water partition coefficient (Wildman–Crippen LogP) is 0.675. The Morgan fingerprint density at radius 1 is 1.69 bits per heavy atom. The van der Waals surface area contributed by atoms with Crippen LogP contribution in [0.4, 0.5) is 5.69 Å². The Kier molecular flexibility index (Phi) is 2.32. The third kappa shape index (κ3) is 1.66. The minimum absolute atomic E-state index is 0.174. The SMILES string of the molecule is CCc1cc([N+](=O)[O-])cc(=N)n1O. The molecule has 0 amide bonds. The largest absolute Gasteiger partial charge is 0.427 e. The molecule has 0 spiro atoms. The van der Waals surface area contributed by atoms with Crippen molar-refractivity contribution in [3.8, 4) is 0 Å². The zero-order chi connectivity index (χ0) is 10.0. The molecule has 0 aromatic carbocycles. The number of rotatable bonds is 2. The van der Waals surface area contributed by atoms with Gasteiger partial charge in [-0.05, 0) is 6.42 Å². The molecule has 0 bridgehead atoms. The van der Waals surface area contributed by atoms with Crippen LogP contribution in [-0.2, 0) is 6.42 Å². The van der Waals surface area contributed by atoms with Gasteiger partial charge in [0.15, 0.2) is 5.49 Å². The van der Waals surface area contributed by atoms with Crippen molar-refractivity contribution in [3.63, 3.8) is 0 Å². The van der Waals surface area contributed by atoms with Crippen LogP contribution in [0, 0.1) is 15.5 Å². The number of aromatic nitrogens is 1. The monoisotopic (exact) mass is 183 g/mol. The number of pyridine rings is 1. The van der Waals surface area contributed by atoms with Gasteiger partial charge in [-0.3, -0.25) is 15.5 Å². The molecule has 2 N–H and O–H groups in total. The van der Waals surface area contributed by atoms with Gasteiger partial charge in [0.05, 0.1) is 16.7 Å². The summed E-state index contributed by atoms with van der Waals surface area (Å²) in [5.41, 5.74) is -0.114. The minimum atomic E-state index is -0.586. The van der Waals surface area contributed by atoms with E-state index in [-0.39, 0.29) is 11.2 Å². The zero-order valence-corrected chi connectivity index (χ0v) is 7.02. The van der Waals surface area contributed by atoms with Crippen molar-refractivity contribution in [1.82, 2.24) is 4.73 Å². The average molecular weight is 183 g/mol. The van der Waals surface area contributed by atoms with E-state index in [4.69, 9.17) is 5.41 Å². The van der Waals surface area contributed by atoms with Gasteiger partial charge in [-0.2, -0.15) is 4.73 Å². The summed E-state index contributed by atoms with van der Waals surface area (Å²) in [6.45, 7) is 1.74. The topological polar surface area (TPSA) is 92.2 Å². The van der Waals surface area contributed by atoms with Gasteiger partial charge in [-0.1, -0.05) is 6.92 Å². The second-order valence-corrected chi connectivity index (χ2v) is 2.51. The number of hydrogen-bond donors (Lipinski definition) is 2. The normalized spacial score (nSPS) is 9.92. The van der Waals surface area contributed by atoms with Crippen molar-refractivity contribution in [2.45, 2.75) is 13.3 Å². The average Bonchev–Trinajstić information content (AvgIpc) is 2.09. The first-order chi connectivity index (χ1) is 6.06. The molecule has 0 aliphatic rings. The van der Waals surface area contributed by atoms with Crippen molar-refractivity contribution in [1.29, 1.82) is 5.41 Å². The van der Waals surface area contributed by atoms with Crippen LogP contribution < -0.4 is 5.49 Å². The Labute approximate surface area is 73.7 Å². The molecule has 0 unspecified atom stereocenters. The fourth-order valence-corrected chi connectivity index (χ4v) is 0.987. The summed E-state index contributed by atoms with van der Waals surface area (Å²) in [6, 6.07) is 2.25. The smallest absolute Gasteiger partial charge is 0.275 e. The summed E-state index contributed by atoms with van der Waals surface area (Å²) in [6.07, 6.45) is 0.435. The molecular formula is C7H9N3O3. The van der Waals surface area contributed by atoms with Crippen LogP contribution in [0.3, 0.4) is 0 Å². The number of hydrogen-bond acceptors (Lipinski definition) is 4. The Balaban J connectivity index is 3.39. The lowest BCUT2D eigenvalue weighted by atomic mass is 10.2. The van der Waals surface area contributed by atoms with Crippen molar-refractivity contribution in [3.05, 3.63) is 33.4 Å². The molecule has 0 radical (unpaired) electrons. The number of nitrogens with zero attached hydrogens (tertiary/aromatic N) is 2.